The van der Waals surface area contributed by atoms with E-state index >= 15 is 0 Å². The van der Waals surface area contributed by atoms with Gasteiger partial charge in [-0.25, -0.2) is 0 Å². The van der Waals surface area contributed by atoms with Crippen LogP contribution in [0.1, 0.15) is 45.5 Å². The molecular formula is C13H22N2S2. The summed E-state index contributed by atoms with van der Waals surface area (Å²) in [6.45, 7) is 10.9. The molecule has 0 aliphatic carbocycles. The molecule has 0 radical (unpaired) electrons. The second kappa shape index (κ2) is 5.83. The second-order valence-corrected chi connectivity index (χ2v) is 6.97. The van der Waals surface area contributed by atoms with Crippen molar-refractivity contribution in [1.82, 2.24) is 10.6 Å². The van der Waals surface area contributed by atoms with Crippen LogP contribution in [0.4, 0.5) is 0 Å². The summed E-state index contributed by atoms with van der Waals surface area (Å²) >= 11 is 7.10. The van der Waals surface area contributed by atoms with E-state index in [1.165, 1.54) is 4.88 Å². The van der Waals surface area contributed by atoms with Crippen molar-refractivity contribution in [3.8, 4) is 0 Å². The predicted molar refractivity (Wildman–Crippen MR) is 80.5 cm³/mol. The van der Waals surface area contributed by atoms with Crippen molar-refractivity contribution in [1.29, 1.82) is 0 Å². The van der Waals surface area contributed by atoms with Crippen LogP contribution in [-0.4, -0.2) is 11.2 Å². The summed E-state index contributed by atoms with van der Waals surface area (Å²) in [6, 6.07) is 4.85. The van der Waals surface area contributed by atoms with Crippen molar-refractivity contribution < 1.29 is 0 Å². The van der Waals surface area contributed by atoms with Crippen LogP contribution in [0, 0.1) is 5.41 Å². The lowest BCUT2D eigenvalue weighted by atomic mass is 9.86. The van der Waals surface area contributed by atoms with Crippen LogP contribution in [0.25, 0.3) is 0 Å². The molecule has 1 atom stereocenters. The third kappa shape index (κ3) is 4.64. The van der Waals surface area contributed by atoms with E-state index in [2.05, 4.69) is 62.8 Å². The molecule has 1 aromatic rings. The summed E-state index contributed by atoms with van der Waals surface area (Å²) in [6.07, 6.45) is 0. The van der Waals surface area contributed by atoms with E-state index < -0.39 is 0 Å². The van der Waals surface area contributed by atoms with Crippen molar-refractivity contribution in [2.75, 3.05) is 0 Å². The van der Waals surface area contributed by atoms with Crippen molar-refractivity contribution >= 4 is 28.7 Å². The Morgan fingerprint density at radius 3 is 2.35 bits per heavy atom. The highest BCUT2D eigenvalue weighted by Gasteiger charge is 2.27. The molecule has 0 aliphatic heterocycles. The van der Waals surface area contributed by atoms with Crippen LogP contribution < -0.4 is 10.6 Å². The number of rotatable bonds is 3. The zero-order valence-corrected chi connectivity index (χ0v) is 12.8. The highest BCUT2D eigenvalue weighted by molar-refractivity contribution is 7.80. The minimum Gasteiger partial charge on any atom is -0.361 e. The molecule has 0 bridgehead atoms. The summed E-state index contributed by atoms with van der Waals surface area (Å²) in [5.41, 5.74) is 0.133. The fraction of sp³-hybridized carbons (Fsp3) is 0.615. The van der Waals surface area contributed by atoms with Gasteiger partial charge >= 0.3 is 0 Å². The molecule has 0 spiro atoms. The van der Waals surface area contributed by atoms with Crippen LogP contribution in [0.15, 0.2) is 17.5 Å². The molecule has 0 saturated heterocycles. The van der Waals surface area contributed by atoms with E-state index in [-0.39, 0.29) is 11.5 Å². The summed E-state index contributed by atoms with van der Waals surface area (Å²) in [5, 5.41) is 9.49. The zero-order valence-electron chi connectivity index (χ0n) is 11.2. The zero-order chi connectivity index (χ0) is 13.1. The molecular weight excluding hydrogens is 248 g/mol. The van der Waals surface area contributed by atoms with Gasteiger partial charge in [0.15, 0.2) is 5.11 Å². The van der Waals surface area contributed by atoms with E-state index in [9.17, 15) is 0 Å². The molecule has 0 amide bonds. The summed E-state index contributed by atoms with van der Waals surface area (Å²) in [4.78, 5) is 1.32. The number of hydrogen-bond acceptors (Lipinski definition) is 2. The quantitative estimate of drug-likeness (QED) is 0.819. The molecule has 1 rings (SSSR count). The summed E-state index contributed by atoms with van der Waals surface area (Å²) in [7, 11) is 0. The normalized spacial score (nSPS) is 13.5. The van der Waals surface area contributed by atoms with E-state index in [0.29, 0.717) is 6.04 Å². The molecule has 1 heterocycles. The van der Waals surface area contributed by atoms with Crippen LogP contribution in [-0.2, 0) is 0 Å². The van der Waals surface area contributed by atoms with Gasteiger partial charge in [-0.05, 0) is 42.9 Å². The minimum atomic E-state index is 0.133. The van der Waals surface area contributed by atoms with E-state index in [0.717, 1.165) is 5.11 Å². The highest BCUT2D eigenvalue weighted by atomic mass is 32.1. The molecule has 0 unspecified atom stereocenters. The van der Waals surface area contributed by atoms with Crippen molar-refractivity contribution in [2.45, 2.75) is 46.7 Å². The molecule has 0 fully saturated rings. The van der Waals surface area contributed by atoms with Gasteiger partial charge in [0.1, 0.15) is 0 Å². The van der Waals surface area contributed by atoms with Crippen LogP contribution >= 0.6 is 23.6 Å². The van der Waals surface area contributed by atoms with Crippen LogP contribution in [0.2, 0.25) is 0 Å². The first-order chi connectivity index (χ1) is 7.80. The number of hydrogen-bond donors (Lipinski definition) is 2. The third-order valence-corrected chi connectivity index (χ3v) is 3.56. The maximum atomic E-state index is 5.33. The fourth-order valence-electron chi connectivity index (χ4n) is 1.60. The minimum absolute atomic E-state index is 0.133. The number of thiophene rings is 1. The Morgan fingerprint density at radius 2 is 1.94 bits per heavy atom. The Balaban J connectivity index is 2.76. The molecule has 17 heavy (non-hydrogen) atoms. The van der Waals surface area contributed by atoms with Gasteiger partial charge in [-0.2, -0.15) is 0 Å². The molecule has 0 aromatic carbocycles. The number of thiocarbonyl (C=S) groups is 1. The molecule has 0 saturated carbocycles. The first-order valence-corrected chi connectivity index (χ1v) is 7.20. The average Bonchev–Trinajstić information content (AvgIpc) is 2.63. The Hall–Kier alpha value is -0.610. The van der Waals surface area contributed by atoms with Gasteiger partial charge in [0.05, 0.1) is 6.04 Å². The Morgan fingerprint density at radius 1 is 1.29 bits per heavy atom. The van der Waals surface area contributed by atoms with Gasteiger partial charge < -0.3 is 10.6 Å². The van der Waals surface area contributed by atoms with Gasteiger partial charge in [-0.15, -0.1) is 11.3 Å². The van der Waals surface area contributed by atoms with E-state index in [1.54, 1.807) is 11.3 Å². The standard InChI is InChI=1S/C13H22N2S2/c1-9(2)14-12(16)15-11(13(3,4)5)10-7-6-8-17-10/h6-9,11H,1-5H3,(H2,14,15,16)/t11-/m1/s1. The van der Waals surface area contributed by atoms with Crippen molar-refractivity contribution in [2.24, 2.45) is 5.41 Å². The van der Waals surface area contributed by atoms with E-state index in [1.807, 2.05) is 0 Å². The van der Waals surface area contributed by atoms with Crippen molar-refractivity contribution in [3.63, 3.8) is 0 Å². The lowest BCUT2D eigenvalue weighted by Gasteiger charge is -2.32. The average molecular weight is 270 g/mol. The Bertz CT molecular complexity index is 350. The number of nitrogens with one attached hydrogen (secondary N) is 2. The topological polar surface area (TPSA) is 24.1 Å². The van der Waals surface area contributed by atoms with Crippen LogP contribution in [0.5, 0.6) is 0 Å². The largest absolute Gasteiger partial charge is 0.361 e. The van der Waals surface area contributed by atoms with Gasteiger partial charge in [-0.1, -0.05) is 26.8 Å². The Kier molecular flexibility index (Phi) is 4.95. The monoisotopic (exact) mass is 270 g/mol. The van der Waals surface area contributed by atoms with E-state index in [4.69, 9.17) is 12.2 Å². The molecule has 2 nitrogen and oxygen atoms in total. The third-order valence-electron chi connectivity index (χ3n) is 2.39. The van der Waals surface area contributed by atoms with Crippen molar-refractivity contribution in [3.05, 3.63) is 22.4 Å². The fourth-order valence-corrected chi connectivity index (χ4v) is 2.98. The Labute approximate surface area is 114 Å². The van der Waals surface area contributed by atoms with Gasteiger partial charge in [0.25, 0.3) is 0 Å². The molecule has 1 aromatic heterocycles. The smallest absolute Gasteiger partial charge is 0.167 e. The van der Waals surface area contributed by atoms with Gasteiger partial charge in [0.2, 0.25) is 0 Å². The molecule has 2 N–H and O–H groups in total. The predicted octanol–water partition coefficient (Wildman–Crippen LogP) is 3.71. The maximum absolute atomic E-state index is 5.33. The summed E-state index contributed by atoms with van der Waals surface area (Å²) in [5.74, 6) is 0. The van der Waals surface area contributed by atoms with Crippen LogP contribution in [0.3, 0.4) is 0 Å². The molecule has 96 valence electrons. The SMILES string of the molecule is CC(C)NC(=S)N[C@H](c1cccs1)C(C)(C)C. The van der Waals surface area contributed by atoms with Gasteiger partial charge in [0, 0.05) is 10.9 Å². The first-order valence-electron chi connectivity index (χ1n) is 5.91. The summed E-state index contributed by atoms with van der Waals surface area (Å²) < 4.78 is 0. The first kappa shape index (κ1) is 14.5. The highest BCUT2D eigenvalue weighted by Crippen LogP contribution is 2.34. The lowest BCUT2D eigenvalue weighted by molar-refractivity contribution is 0.305. The lowest BCUT2D eigenvalue weighted by Crippen LogP contribution is -2.44. The molecule has 4 heteroatoms. The second-order valence-electron chi connectivity index (χ2n) is 5.59. The molecule has 0 aliphatic rings. The maximum Gasteiger partial charge on any atom is 0.167 e. The van der Waals surface area contributed by atoms with Gasteiger partial charge in [-0.3, -0.25) is 0 Å².